The lowest BCUT2D eigenvalue weighted by Crippen LogP contribution is -2.44. The summed E-state index contributed by atoms with van der Waals surface area (Å²) in [5.74, 6) is 2.31. The molecule has 0 atom stereocenters. The van der Waals surface area contributed by atoms with Crippen LogP contribution in [0.2, 0.25) is 0 Å². The molecular weight excluding hydrogens is 328 g/mol. The molecule has 0 saturated carbocycles. The molecule has 0 aliphatic carbocycles. The van der Waals surface area contributed by atoms with Gasteiger partial charge in [-0.25, -0.2) is 9.97 Å². The number of aromatic nitrogens is 2. The van der Waals surface area contributed by atoms with Gasteiger partial charge in [-0.05, 0) is 38.2 Å². The summed E-state index contributed by atoms with van der Waals surface area (Å²) in [4.78, 5) is 13.7. The number of benzene rings is 1. The van der Waals surface area contributed by atoms with Gasteiger partial charge in [0.05, 0.1) is 6.61 Å². The van der Waals surface area contributed by atoms with Crippen molar-refractivity contribution in [3.05, 3.63) is 36.2 Å². The minimum atomic E-state index is 0.638. The highest BCUT2D eigenvalue weighted by molar-refractivity contribution is 5.62. The fraction of sp³-hybridized carbons (Fsp3) is 0.474. The van der Waals surface area contributed by atoms with Crippen LogP contribution in [-0.2, 0) is 4.74 Å². The van der Waals surface area contributed by atoms with E-state index in [0.717, 1.165) is 49.3 Å². The van der Waals surface area contributed by atoms with Crippen molar-refractivity contribution in [2.45, 2.75) is 6.92 Å². The van der Waals surface area contributed by atoms with Crippen LogP contribution in [-0.4, -0.2) is 68.4 Å². The number of likely N-dealkylation sites (N-methyl/N-ethyl adjacent to an activating group) is 1. The summed E-state index contributed by atoms with van der Waals surface area (Å²) < 4.78 is 5.06. The quantitative estimate of drug-likeness (QED) is 0.738. The molecule has 2 heterocycles. The SMILES string of the molecule is COCCNc1cc(Nc2ccc(N3CCN(C)CC3)cc2)nc(C)n1. The summed E-state index contributed by atoms with van der Waals surface area (Å²) in [5, 5.41) is 6.61. The molecule has 0 amide bonds. The molecule has 1 aliphatic heterocycles. The second-order valence-corrected chi connectivity index (χ2v) is 6.57. The highest BCUT2D eigenvalue weighted by atomic mass is 16.5. The van der Waals surface area contributed by atoms with Gasteiger partial charge in [0.1, 0.15) is 17.5 Å². The van der Waals surface area contributed by atoms with Gasteiger partial charge in [-0.3, -0.25) is 0 Å². The number of methoxy groups -OCH3 is 1. The molecule has 3 rings (SSSR count). The molecule has 1 aromatic carbocycles. The highest BCUT2D eigenvalue weighted by Crippen LogP contribution is 2.22. The van der Waals surface area contributed by atoms with Crippen LogP contribution >= 0.6 is 0 Å². The third-order valence-corrected chi connectivity index (χ3v) is 4.46. The van der Waals surface area contributed by atoms with Crippen molar-refractivity contribution < 1.29 is 4.74 Å². The van der Waals surface area contributed by atoms with Crippen molar-refractivity contribution in [2.24, 2.45) is 0 Å². The van der Waals surface area contributed by atoms with E-state index in [1.807, 2.05) is 13.0 Å². The predicted octanol–water partition coefficient (Wildman–Crippen LogP) is 2.34. The summed E-state index contributed by atoms with van der Waals surface area (Å²) in [6, 6.07) is 10.4. The minimum Gasteiger partial charge on any atom is -0.383 e. The molecule has 2 aromatic rings. The third-order valence-electron chi connectivity index (χ3n) is 4.46. The van der Waals surface area contributed by atoms with Crippen LogP contribution < -0.4 is 15.5 Å². The van der Waals surface area contributed by atoms with Crippen LogP contribution in [0, 0.1) is 6.92 Å². The predicted molar refractivity (Wildman–Crippen MR) is 107 cm³/mol. The first-order valence-corrected chi connectivity index (χ1v) is 9.03. The maximum atomic E-state index is 5.06. The van der Waals surface area contributed by atoms with E-state index in [-0.39, 0.29) is 0 Å². The van der Waals surface area contributed by atoms with Gasteiger partial charge in [0, 0.05) is 57.3 Å². The Morgan fingerprint density at radius 1 is 1.04 bits per heavy atom. The molecule has 1 aliphatic rings. The number of hydrogen-bond acceptors (Lipinski definition) is 7. The van der Waals surface area contributed by atoms with E-state index >= 15 is 0 Å². The molecule has 26 heavy (non-hydrogen) atoms. The third kappa shape index (κ3) is 5.06. The summed E-state index contributed by atoms with van der Waals surface area (Å²) in [6.07, 6.45) is 0. The number of piperazine rings is 1. The largest absolute Gasteiger partial charge is 0.383 e. The van der Waals surface area contributed by atoms with Gasteiger partial charge in [0.15, 0.2) is 0 Å². The number of nitrogens with one attached hydrogen (secondary N) is 2. The Balaban J connectivity index is 1.63. The zero-order valence-corrected chi connectivity index (χ0v) is 15.8. The van der Waals surface area contributed by atoms with Crippen molar-refractivity contribution in [1.29, 1.82) is 0 Å². The number of rotatable bonds is 7. The molecular formula is C19H28N6O. The Kier molecular flexibility index (Phi) is 6.25. The molecule has 0 spiro atoms. The van der Waals surface area contributed by atoms with E-state index in [2.05, 4.69) is 61.7 Å². The monoisotopic (exact) mass is 356 g/mol. The zero-order valence-electron chi connectivity index (χ0n) is 15.8. The normalized spacial score (nSPS) is 15.1. The maximum absolute atomic E-state index is 5.06. The average Bonchev–Trinajstić information content (AvgIpc) is 2.63. The summed E-state index contributed by atoms with van der Waals surface area (Å²) in [7, 11) is 3.86. The Bertz CT molecular complexity index is 698. The Morgan fingerprint density at radius 3 is 2.42 bits per heavy atom. The van der Waals surface area contributed by atoms with E-state index in [1.54, 1.807) is 7.11 Å². The molecule has 1 saturated heterocycles. The van der Waals surface area contributed by atoms with E-state index in [9.17, 15) is 0 Å². The Labute approximate surface area is 155 Å². The lowest BCUT2D eigenvalue weighted by Gasteiger charge is -2.34. The molecule has 0 unspecified atom stereocenters. The molecule has 140 valence electrons. The van der Waals surface area contributed by atoms with E-state index in [4.69, 9.17) is 4.74 Å². The number of ether oxygens (including phenoxy) is 1. The molecule has 2 N–H and O–H groups in total. The number of anilines is 4. The molecule has 0 bridgehead atoms. The number of aryl methyl sites for hydroxylation is 1. The Morgan fingerprint density at radius 2 is 1.73 bits per heavy atom. The average molecular weight is 356 g/mol. The van der Waals surface area contributed by atoms with E-state index in [1.165, 1.54) is 5.69 Å². The fourth-order valence-electron chi connectivity index (χ4n) is 2.97. The van der Waals surface area contributed by atoms with Gasteiger partial charge in [-0.15, -0.1) is 0 Å². The second kappa shape index (κ2) is 8.82. The van der Waals surface area contributed by atoms with Gasteiger partial charge in [0.2, 0.25) is 0 Å². The van der Waals surface area contributed by atoms with Crippen molar-refractivity contribution >= 4 is 23.0 Å². The summed E-state index contributed by atoms with van der Waals surface area (Å²) in [5.41, 5.74) is 2.29. The van der Waals surface area contributed by atoms with Crippen LogP contribution in [0.15, 0.2) is 30.3 Å². The van der Waals surface area contributed by atoms with Crippen molar-refractivity contribution in [2.75, 3.05) is 69.0 Å². The van der Waals surface area contributed by atoms with Gasteiger partial charge in [0.25, 0.3) is 0 Å². The van der Waals surface area contributed by atoms with Gasteiger partial charge in [-0.2, -0.15) is 0 Å². The van der Waals surface area contributed by atoms with Crippen LogP contribution in [0.25, 0.3) is 0 Å². The smallest absolute Gasteiger partial charge is 0.136 e. The van der Waals surface area contributed by atoms with Crippen LogP contribution in [0.1, 0.15) is 5.82 Å². The van der Waals surface area contributed by atoms with Crippen LogP contribution in [0.5, 0.6) is 0 Å². The van der Waals surface area contributed by atoms with Gasteiger partial charge < -0.3 is 25.2 Å². The van der Waals surface area contributed by atoms with Crippen molar-refractivity contribution in [3.63, 3.8) is 0 Å². The van der Waals surface area contributed by atoms with Crippen molar-refractivity contribution in [1.82, 2.24) is 14.9 Å². The molecule has 1 aromatic heterocycles. The first kappa shape index (κ1) is 18.4. The summed E-state index contributed by atoms with van der Waals surface area (Å²) >= 11 is 0. The lowest BCUT2D eigenvalue weighted by molar-refractivity contribution is 0.210. The maximum Gasteiger partial charge on any atom is 0.136 e. The first-order valence-electron chi connectivity index (χ1n) is 9.03. The van der Waals surface area contributed by atoms with Crippen LogP contribution in [0.3, 0.4) is 0 Å². The number of nitrogens with zero attached hydrogens (tertiary/aromatic N) is 4. The van der Waals surface area contributed by atoms with Gasteiger partial charge >= 0.3 is 0 Å². The lowest BCUT2D eigenvalue weighted by atomic mass is 10.2. The fourth-order valence-corrected chi connectivity index (χ4v) is 2.97. The minimum absolute atomic E-state index is 0.638. The standard InChI is InChI=1S/C19H28N6O/c1-15-21-18(20-8-13-26-3)14-19(22-15)23-16-4-6-17(7-5-16)25-11-9-24(2)10-12-25/h4-7,14H,8-13H2,1-3H3,(H2,20,21,22,23). The van der Waals surface area contributed by atoms with Crippen molar-refractivity contribution in [3.8, 4) is 0 Å². The van der Waals surface area contributed by atoms with E-state index < -0.39 is 0 Å². The molecule has 7 nitrogen and oxygen atoms in total. The van der Waals surface area contributed by atoms with Gasteiger partial charge in [-0.1, -0.05) is 0 Å². The summed E-state index contributed by atoms with van der Waals surface area (Å²) in [6.45, 7) is 7.61. The molecule has 1 fully saturated rings. The topological polar surface area (TPSA) is 65.6 Å². The molecule has 7 heteroatoms. The molecule has 0 radical (unpaired) electrons. The Hall–Kier alpha value is -2.38. The van der Waals surface area contributed by atoms with E-state index in [0.29, 0.717) is 13.2 Å². The first-order chi connectivity index (χ1) is 12.6. The second-order valence-electron chi connectivity index (χ2n) is 6.57. The number of hydrogen-bond donors (Lipinski definition) is 2. The van der Waals surface area contributed by atoms with Crippen LogP contribution in [0.4, 0.5) is 23.0 Å². The zero-order chi connectivity index (χ0) is 18.4. The highest BCUT2D eigenvalue weighted by Gasteiger charge is 2.14.